The maximum Gasteiger partial charge on any atom is 0.213 e. The first-order valence-electron chi connectivity index (χ1n) is 9.50. The third kappa shape index (κ3) is 4.71. The van der Waals surface area contributed by atoms with Gasteiger partial charge in [-0.3, -0.25) is 4.79 Å². The third-order valence-electron chi connectivity index (χ3n) is 4.98. The van der Waals surface area contributed by atoms with Crippen LogP contribution in [0.4, 0.5) is 10.2 Å². The molecule has 1 aliphatic heterocycles. The van der Waals surface area contributed by atoms with Crippen molar-refractivity contribution in [2.24, 2.45) is 5.41 Å². The van der Waals surface area contributed by atoms with Gasteiger partial charge in [0.1, 0.15) is 11.6 Å². The van der Waals surface area contributed by atoms with Crippen LogP contribution in [-0.2, 0) is 24.2 Å². The molecule has 2 aromatic heterocycles. The number of rotatable bonds is 4. The third-order valence-corrected chi connectivity index (χ3v) is 4.98. The Morgan fingerprint density at radius 2 is 1.96 bits per heavy atom. The van der Waals surface area contributed by atoms with Gasteiger partial charge in [-0.15, -0.1) is 0 Å². The lowest BCUT2D eigenvalue weighted by atomic mass is 9.87. The van der Waals surface area contributed by atoms with E-state index in [4.69, 9.17) is 4.98 Å². The van der Waals surface area contributed by atoms with E-state index in [1.165, 1.54) is 6.07 Å². The molecule has 0 saturated carbocycles. The fourth-order valence-corrected chi connectivity index (χ4v) is 3.70. The van der Waals surface area contributed by atoms with Crippen molar-refractivity contribution in [2.75, 3.05) is 11.4 Å². The standard InChI is InChI=1S/C22H28FN3O/c1-14-10-21(24-15(2)18(14)11-17(27)12-22(3,4)5)26-9-8-19-16(13-26)6-7-20(23)25-19/h6-7,10H,8-9,11-13H2,1-5H3. The number of fused-ring (bicyclic) bond motifs is 1. The van der Waals surface area contributed by atoms with Gasteiger partial charge < -0.3 is 4.90 Å². The van der Waals surface area contributed by atoms with Gasteiger partial charge in [-0.05, 0) is 48.1 Å². The predicted octanol–water partition coefficient (Wildman–Crippen LogP) is 4.34. The summed E-state index contributed by atoms with van der Waals surface area (Å²) in [5.74, 6) is 0.742. The van der Waals surface area contributed by atoms with Crippen LogP contribution in [0, 0.1) is 25.2 Å². The van der Waals surface area contributed by atoms with Crippen molar-refractivity contribution in [1.29, 1.82) is 0 Å². The first-order chi connectivity index (χ1) is 12.6. The number of hydrogen-bond donors (Lipinski definition) is 0. The molecule has 3 rings (SSSR count). The quantitative estimate of drug-likeness (QED) is 0.752. The highest BCUT2D eigenvalue weighted by Crippen LogP contribution is 2.27. The molecule has 0 aromatic carbocycles. The van der Waals surface area contributed by atoms with Gasteiger partial charge in [-0.2, -0.15) is 4.39 Å². The van der Waals surface area contributed by atoms with Gasteiger partial charge in [-0.25, -0.2) is 9.97 Å². The minimum atomic E-state index is -0.420. The van der Waals surface area contributed by atoms with Gasteiger partial charge in [0.2, 0.25) is 5.95 Å². The maximum atomic E-state index is 13.3. The Morgan fingerprint density at radius 3 is 2.63 bits per heavy atom. The van der Waals surface area contributed by atoms with Gasteiger partial charge in [0, 0.05) is 38.0 Å². The van der Waals surface area contributed by atoms with Gasteiger partial charge in [0.05, 0.1) is 5.69 Å². The molecule has 0 atom stereocenters. The number of carbonyl (C=O) groups is 1. The predicted molar refractivity (Wildman–Crippen MR) is 105 cm³/mol. The summed E-state index contributed by atoms with van der Waals surface area (Å²) in [5.41, 5.74) is 4.93. The van der Waals surface area contributed by atoms with E-state index in [2.05, 4.69) is 36.7 Å². The molecule has 0 unspecified atom stereocenters. The molecule has 144 valence electrons. The molecule has 1 aliphatic rings. The van der Waals surface area contributed by atoms with E-state index in [1.807, 2.05) is 19.9 Å². The Morgan fingerprint density at radius 1 is 1.22 bits per heavy atom. The van der Waals surface area contributed by atoms with E-state index < -0.39 is 5.95 Å². The molecule has 0 spiro atoms. The zero-order valence-electron chi connectivity index (χ0n) is 16.9. The number of aromatic nitrogens is 2. The minimum absolute atomic E-state index is 0.000956. The molecule has 0 saturated heterocycles. The van der Waals surface area contributed by atoms with E-state index in [0.717, 1.165) is 40.4 Å². The number of aryl methyl sites for hydroxylation is 2. The number of halogens is 1. The molecule has 3 heterocycles. The summed E-state index contributed by atoms with van der Waals surface area (Å²) in [6.07, 6.45) is 1.72. The van der Waals surface area contributed by atoms with Crippen LogP contribution >= 0.6 is 0 Å². The second kappa shape index (κ2) is 7.37. The van der Waals surface area contributed by atoms with Crippen molar-refractivity contribution < 1.29 is 9.18 Å². The summed E-state index contributed by atoms with van der Waals surface area (Å²) in [4.78, 5) is 23.4. The highest BCUT2D eigenvalue weighted by molar-refractivity contribution is 5.82. The van der Waals surface area contributed by atoms with Crippen molar-refractivity contribution in [3.8, 4) is 0 Å². The number of carbonyl (C=O) groups excluding carboxylic acids is 1. The largest absolute Gasteiger partial charge is 0.352 e. The molecule has 27 heavy (non-hydrogen) atoms. The van der Waals surface area contributed by atoms with Gasteiger partial charge in [-0.1, -0.05) is 26.8 Å². The molecule has 0 radical (unpaired) electrons. The molecule has 2 aromatic rings. The molecule has 0 N–H and O–H groups in total. The van der Waals surface area contributed by atoms with E-state index >= 15 is 0 Å². The van der Waals surface area contributed by atoms with Gasteiger partial charge >= 0.3 is 0 Å². The van der Waals surface area contributed by atoms with E-state index in [9.17, 15) is 9.18 Å². The van der Waals surface area contributed by atoms with Crippen LogP contribution in [0.25, 0.3) is 0 Å². The summed E-state index contributed by atoms with van der Waals surface area (Å²) in [6, 6.07) is 5.29. The summed E-state index contributed by atoms with van der Waals surface area (Å²) >= 11 is 0. The van der Waals surface area contributed by atoms with Gasteiger partial charge in [0.15, 0.2) is 0 Å². The average Bonchev–Trinajstić information content (AvgIpc) is 2.56. The minimum Gasteiger partial charge on any atom is -0.352 e. The second-order valence-corrected chi connectivity index (χ2v) is 8.73. The van der Waals surface area contributed by atoms with Crippen LogP contribution in [0.1, 0.15) is 55.3 Å². The molecule has 0 amide bonds. The number of hydrogen-bond acceptors (Lipinski definition) is 4. The maximum absolute atomic E-state index is 13.3. The lowest BCUT2D eigenvalue weighted by Crippen LogP contribution is -2.32. The van der Waals surface area contributed by atoms with E-state index in [0.29, 0.717) is 25.8 Å². The number of ketones is 1. The fourth-order valence-electron chi connectivity index (χ4n) is 3.70. The Hall–Kier alpha value is -2.30. The van der Waals surface area contributed by atoms with Crippen LogP contribution in [0.15, 0.2) is 18.2 Å². The Bertz CT molecular complexity index is 847. The topological polar surface area (TPSA) is 46.1 Å². The summed E-state index contributed by atoms with van der Waals surface area (Å²) in [5, 5.41) is 0. The zero-order chi connectivity index (χ0) is 19.8. The van der Waals surface area contributed by atoms with Crippen LogP contribution in [0.5, 0.6) is 0 Å². The van der Waals surface area contributed by atoms with Crippen molar-refractivity contribution in [3.05, 3.63) is 52.2 Å². The summed E-state index contributed by atoms with van der Waals surface area (Å²) in [7, 11) is 0. The first kappa shape index (κ1) is 19.5. The van der Waals surface area contributed by atoms with Crippen LogP contribution in [0.3, 0.4) is 0 Å². The number of anilines is 1. The van der Waals surface area contributed by atoms with Crippen molar-refractivity contribution >= 4 is 11.6 Å². The Kier molecular flexibility index (Phi) is 5.31. The first-order valence-corrected chi connectivity index (χ1v) is 9.50. The molecule has 0 fully saturated rings. The lowest BCUT2D eigenvalue weighted by Gasteiger charge is -2.30. The van der Waals surface area contributed by atoms with Gasteiger partial charge in [0.25, 0.3) is 0 Å². The fraction of sp³-hybridized carbons (Fsp3) is 0.500. The number of nitrogens with zero attached hydrogens (tertiary/aromatic N) is 3. The van der Waals surface area contributed by atoms with Crippen molar-refractivity contribution in [1.82, 2.24) is 9.97 Å². The smallest absolute Gasteiger partial charge is 0.213 e. The van der Waals surface area contributed by atoms with Crippen LogP contribution in [-0.4, -0.2) is 22.3 Å². The van der Waals surface area contributed by atoms with Crippen LogP contribution in [0.2, 0.25) is 0 Å². The molecular weight excluding hydrogens is 341 g/mol. The van der Waals surface area contributed by atoms with Crippen LogP contribution < -0.4 is 4.90 Å². The van der Waals surface area contributed by atoms with E-state index in [1.54, 1.807) is 0 Å². The second-order valence-electron chi connectivity index (χ2n) is 8.73. The number of Topliss-reactive ketones (excluding diaryl/α,β-unsaturated/α-hetero) is 1. The normalized spacial score (nSPS) is 14.2. The van der Waals surface area contributed by atoms with Crippen molar-refractivity contribution in [2.45, 2.75) is 60.4 Å². The molecule has 0 aliphatic carbocycles. The Balaban J connectivity index is 1.79. The molecule has 0 bridgehead atoms. The Labute approximate surface area is 160 Å². The molecule has 4 nitrogen and oxygen atoms in total. The summed E-state index contributed by atoms with van der Waals surface area (Å²) < 4.78 is 13.3. The molecular formula is C22H28FN3O. The average molecular weight is 369 g/mol. The SMILES string of the molecule is Cc1cc(N2CCc3nc(F)ccc3C2)nc(C)c1CC(=O)CC(C)(C)C. The zero-order valence-corrected chi connectivity index (χ0v) is 16.9. The van der Waals surface area contributed by atoms with E-state index in [-0.39, 0.29) is 11.2 Å². The number of pyridine rings is 2. The highest BCUT2D eigenvalue weighted by atomic mass is 19.1. The lowest BCUT2D eigenvalue weighted by molar-refractivity contribution is -0.120. The van der Waals surface area contributed by atoms with Crippen molar-refractivity contribution in [3.63, 3.8) is 0 Å². The summed E-state index contributed by atoms with van der Waals surface area (Å²) in [6.45, 7) is 11.7. The monoisotopic (exact) mass is 369 g/mol. The molecule has 5 heteroatoms. The highest BCUT2D eigenvalue weighted by Gasteiger charge is 2.22.